The number of esters is 1. The zero-order valence-corrected chi connectivity index (χ0v) is 14.9. The molecule has 106 valence electrons. The summed E-state index contributed by atoms with van der Waals surface area (Å²) in [4.78, 5) is 14.1. The lowest BCUT2D eigenvalue weighted by molar-refractivity contribution is -0.141. The predicted octanol–water partition coefficient (Wildman–Crippen LogP) is 4.91. The van der Waals surface area contributed by atoms with Crippen LogP contribution in [0.2, 0.25) is 0 Å². The molecule has 0 bridgehead atoms. The zero-order valence-electron chi connectivity index (χ0n) is 10.9. The van der Waals surface area contributed by atoms with Crippen LogP contribution in [-0.2, 0) is 9.53 Å². The maximum absolute atomic E-state index is 12.0. The summed E-state index contributed by atoms with van der Waals surface area (Å²) in [5.41, 5.74) is 0.866. The first-order chi connectivity index (χ1) is 9.51. The van der Waals surface area contributed by atoms with Crippen molar-refractivity contribution in [3.8, 4) is 0 Å². The van der Waals surface area contributed by atoms with Gasteiger partial charge in [0.05, 0.1) is 7.11 Å². The van der Waals surface area contributed by atoms with E-state index in [1.807, 2.05) is 37.3 Å². The van der Waals surface area contributed by atoms with Crippen LogP contribution >= 0.6 is 43.2 Å². The molecule has 0 amide bonds. The summed E-state index contributed by atoms with van der Waals surface area (Å²) in [5, 5.41) is 3.21. The van der Waals surface area contributed by atoms with Crippen molar-refractivity contribution in [3.05, 3.63) is 49.0 Å². The first-order valence-corrected chi connectivity index (χ1v) is 8.27. The van der Waals surface area contributed by atoms with Crippen molar-refractivity contribution >= 4 is 54.9 Å². The highest BCUT2D eigenvalue weighted by Gasteiger charge is 2.24. The van der Waals surface area contributed by atoms with Gasteiger partial charge in [-0.1, -0.05) is 15.9 Å². The molecule has 0 aliphatic rings. The van der Waals surface area contributed by atoms with E-state index in [0.29, 0.717) is 0 Å². The van der Waals surface area contributed by atoms with Crippen LogP contribution < -0.4 is 5.32 Å². The van der Waals surface area contributed by atoms with Gasteiger partial charge in [-0.05, 0) is 53.2 Å². The molecule has 0 spiro atoms. The number of nitrogens with one attached hydrogen (secondary N) is 1. The maximum atomic E-state index is 12.0. The van der Waals surface area contributed by atoms with Gasteiger partial charge >= 0.3 is 5.97 Å². The van der Waals surface area contributed by atoms with Crippen molar-refractivity contribution in [2.45, 2.75) is 13.0 Å². The molecule has 0 saturated heterocycles. The van der Waals surface area contributed by atoms with E-state index in [-0.39, 0.29) is 5.97 Å². The van der Waals surface area contributed by atoms with Crippen molar-refractivity contribution in [1.29, 1.82) is 0 Å². The van der Waals surface area contributed by atoms with Crippen LogP contribution in [0.15, 0.2) is 39.3 Å². The second-order valence-electron chi connectivity index (χ2n) is 4.16. The van der Waals surface area contributed by atoms with E-state index in [0.717, 1.165) is 24.4 Å². The second-order valence-corrected chi connectivity index (χ2v) is 7.22. The topological polar surface area (TPSA) is 38.3 Å². The lowest BCUT2D eigenvalue weighted by Crippen LogP contribution is -2.21. The van der Waals surface area contributed by atoms with E-state index in [1.165, 1.54) is 7.11 Å². The van der Waals surface area contributed by atoms with Crippen LogP contribution in [-0.4, -0.2) is 13.1 Å². The third-order valence-electron chi connectivity index (χ3n) is 2.75. The molecule has 1 aromatic carbocycles. The van der Waals surface area contributed by atoms with E-state index in [4.69, 9.17) is 4.74 Å². The molecule has 1 aromatic heterocycles. The van der Waals surface area contributed by atoms with E-state index in [9.17, 15) is 4.79 Å². The smallest absolute Gasteiger partial charge is 0.333 e. The minimum atomic E-state index is -0.504. The number of benzene rings is 1. The van der Waals surface area contributed by atoms with Gasteiger partial charge in [0.15, 0.2) is 6.04 Å². The number of hydrogen-bond acceptors (Lipinski definition) is 4. The highest BCUT2D eigenvalue weighted by molar-refractivity contribution is 9.10. The van der Waals surface area contributed by atoms with Gasteiger partial charge in [0.25, 0.3) is 0 Å². The van der Waals surface area contributed by atoms with E-state index >= 15 is 0 Å². The predicted molar refractivity (Wildman–Crippen MR) is 89.3 cm³/mol. The number of carbonyl (C=O) groups is 1. The van der Waals surface area contributed by atoms with Gasteiger partial charge in [0.1, 0.15) is 0 Å². The number of methoxy groups -OCH3 is 1. The summed E-state index contributed by atoms with van der Waals surface area (Å²) in [5.74, 6) is -0.304. The normalized spacial score (nSPS) is 12.0. The van der Waals surface area contributed by atoms with Crippen molar-refractivity contribution in [1.82, 2.24) is 0 Å². The van der Waals surface area contributed by atoms with E-state index < -0.39 is 6.04 Å². The lowest BCUT2D eigenvalue weighted by atomic mass is 10.2. The third-order valence-corrected chi connectivity index (χ3v) is 5.48. The fraction of sp³-hybridized carbons (Fsp3) is 0.214. The summed E-state index contributed by atoms with van der Waals surface area (Å²) >= 11 is 8.43. The number of aryl methyl sites for hydroxylation is 1. The molecule has 0 fully saturated rings. The fourth-order valence-corrected chi connectivity index (χ4v) is 3.57. The molecule has 1 heterocycles. The van der Waals surface area contributed by atoms with E-state index in [2.05, 4.69) is 37.2 Å². The summed E-state index contributed by atoms with van der Waals surface area (Å²) < 4.78 is 6.89. The summed E-state index contributed by atoms with van der Waals surface area (Å²) in [6.07, 6.45) is 0. The van der Waals surface area contributed by atoms with Crippen LogP contribution in [0.3, 0.4) is 0 Å². The summed E-state index contributed by atoms with van der Waals surface area (Å²) in [6.45, 7) is 2.01. The first-order valence-electron chi connectivity index (χ1n) is 5.87. The van der Waals surface area contributed by atoms with Crippen LogP contribution in [0.25, 0.3) is 0 Å². The van der Waals surface area contributed by atoms with Gasteiger partial charge in [-0.2, -0.15) is 0 Å². The van der Waals surface area contributed by atoms with Crippen molar-refractivity contribution < 1.29 is 9.53 Å². The highest BCUT2D eigenvalue weighted by Crippen LogP contribution is 2.33. The van der Waals surface area contributed by atoms with Gasteiger partial charge in [0, 0.05) is 24.4 Å². The number of anilines is 1. The Kier molecular flexibility index (Phi) is 5.23. The van der Waals surface area contributed by atoms with Crippen molar-refractivity contribution in [2.24, 2.45) is 0 Å². The zero-order chi connectivity index (χ0) is 14.7. The van der Waals surface area contributed by atoms with Gasteiger partial charge in [-0.15, -0.1) is 11.3 Å². The molecule has 3 nitrogen and oxygen atoms in total. The minimum Gasteiger partial charge on any atom is -0.467 e. The molecule has 6 heteroatoms. The number of hydrogen-bond donors (Lipinski definition) is 1. The van der Waals surface area contributed by atoms with Crippen molar-refractivity contribution in [3.63, 3.8) is 0 Å². The Morgan fingerprint density at radius 3 is 2.45 bits per heavy atom. The number of rotatable bonds is 4. The van der Waals surface area contributed by atoms with Gasteiger partial charge in [-0.25, -0.2) is 4.79 Å². The maximum Gasteiger partial charge on any atom is 0.333 e. The second kappa shape index (κ2) is 6.74. The van der Waals surface area contributed by atoms with Gasteiger partial charge in [-0.3, -0.25) is 0 Å². The SMILES string of the molecule is COC(=O)C(Nc1ccc(Br)cc1)c1cc(Br)c(C)s1. The minimum absolute atomic E-state index is 0.304. The van der Waals surface area contributed by atoms with Crippen LogP contribution in [0.5, 0.6) is 0 Å². The quantitative estimate of drug-likeness (QED) is 0.717. The third kappa shape index (κ3) is 3.62. The van der Waals surface area contributed by atoms with Crippen LogP contribution in [0.1, 0.15) is 15.8 Å². The Labute approximate surface area is 138 Å². The molecule has 1 unspecified atom stereocenters. The monoisotopic (exact) mass is 417 g/mol. The Balaban J connectivity index is 2.28. The molecular weight excluding hydrogens is 406 g/mol. The summed E-state index contributed by atoms with van der Waals surface area (Å²) in [6, 6.07) is 9.12. The number of thiophene rings is 1. The van der Waals surface area contributed by atoms with Gasteiger partial charge < -0.3 is 10.1 Å². The standard InChI is InChI=1S/C14H13Br2NO2S/c1-8-11(16)7-12(20-8)13(14(18)19-2)17-10-5-3-9(15)4-6-10/h3-7,13,17H,1-2H3. The van der Waals surface area contributed by atoms with E-state index in [1.54, 1.807) is 11.3 Å². The molecule has 2 rings (SSSR count). The largest absolute Gasteiger partial charge is 0.467 e. The first kappa shape index (κ1) is 15.5. The highest BCUT2D eigenvalue weighted by atomic mass is 79.9. The molecule has 1 N–H and O–H groups in total. The molecule has 0 radical (unpaired) electrons. The average Bonchev–Trinajstić information content (AvgIpc) is 2.77. The molecule has 0 aliphatic heterocycles. The average molecular weight is 419 g/mol. The molecule has 0 saturated carbocycles. The Hall–Kier alpha value is -0.850. The Morgan fingerprint density at radius 1 is 1.30 bits per heavy atom. The molecule has 1 atom stereocenters. The number of halogens is 2. The summed E-state index contributed by atoms with van der Waals surface area (Å²) in [7, 11) is 1.40. The number of ether oxygens (including phenoxy) is 1. The van der Waals surface area contributed by atoms with Crippen LogP contribution in [0, 0.1) is 6.92 Å². The van der Waals surface area contributed by atoms with Crippen LogP contribution in [0.4, 0.5) is 5.69 Å². The van der Waals surface area contributed by atoms with Crippen molar-refractivity contribution in [2.75, 3.05) is 12.4 Å². The lowest BCUT2D eigenvalue weighted by Gasteiger charge is -2.16. The molecule has 20 heavy (non-hydrogen) atoms. The Morgan fingerprint density at radius 2 is 1.95 bits per heavy atom. The molecular formula is C14H13Br2NO2S. The fourth-order valence-electron chi connectivity index (χ4n) is 1.70. The Bertz CT molecular complexity index is 591. The molecule has 0 aliphatic carbocycles. The molecule has 2 aromatic rings. The van der Waals surface area contributed by atoms with Gasteiger partial charge in [0.2, 0.25) is 0 Å². The number of carbonyl (C=O) groups excluding carboxylic acids is 1.